The first kappa shape index (κ1) is 25.4. The van der Waals surface area contributed by atoms with Crippen LogP contribution in [0.3, 0.4) is 0 Å². The molecule has 7 heteroatoms. The molecule has 0 saturated carbocycles. The van der Waals surface area contributed by atoms with Crippen molar-refractivity contribution in [3.8, 4) is 5.75 Å². The highest BCUT2D eigenvalue weighted by molar-refractivity contribution is 14.0. The monoisotopic (exact) mass is 539 g/mol. The standard InChI is InChI=1S/C24H33N3O3.HI/c1-3-25-24(26-16-19-7-9-22(28-2)10-8-19)27-17-20-5-4-6-21(15-20)18-30-23-11-13-29-14-12-23;/h4-10,15,23H,3,11-14,16-18H2,1-2H3,(H2,25,26,27);1H. The predicted octanol–water partition coefficient (Wildman–Crippen LogP) is 4.26. The molecule has 0 amide bonds. The molecule has 0 aliphatic carbocycles. The first-order valence-electron chi connectivity index (χ1n) is 10.7. The maximum atomic E-state index is 6.04. The van der Waals surface area contributed by atoms with Gasteiger partial charge < -0.3 is 24.8 Å². The fourth-order valence-electron chi connectivity index (χ4n) is 3.32. The van der Waals surface area contributed by atoms with E-state index in [9.17, 15) is 0 Å². The lowest BCUT2D eigenvalue weighted by molar-refractivity contribution is -0.0390. The van der Waals surface area contributed by atoms with Gasteiger partial charge in [0.2, 0.25) is 0 Å². The molecule has 170 valence electrons. The molecule has 0 unspecified atom stereocenters. The lowest BCUT2D eigenvalue weighted by atomic mass is 10.1. The number of guanidine groups is 1. The Kier molecular flexibility index (Phi) is 11.7. The summed E-state index contributed by atoms with van der Waals surface area (Å²) in [5.74, 6) is 1.66. The summed E-state index contributed by atoms with van der Waals surface area (Å²) in [5, 5.41) is 6.70. The normalized spacial score (nSPS) is 14.6. The SMILES string of the molecule is CCNC(=NCc1cccc(COC2CCOCC2)c1)NCc1ccc(OC)cc1.I. The van der Waals surface area contributed by atoms with Crippen LogP contribution in [0.4, 0.5) is 0 Å². The second kappa shape index (κ2) is 14.3. The van der Waals surface area contributed by atoms with Crippen molar-refractivity contribution >= 4 is 29.9 Å². The largest absolute Gasteiger partial charge is 0.497 e. The van der Waals surface area contributed by atoms with E-state index in [2.05, 4.69) is 54.0 Å². The van der Waals surface area contributed by atoms with Gasteiger partial charge in [-0.2, -0.15) is 0 Å². The third-order valence-electron chi connectivity index (χ3n) is 5.03. The van der Waals surface area contributed by atoms with E-state index in [-0.39, 0.29) is 24.0 Å². The van der Waals surface area contributed by atoms with Gasteiger partial charge in [-0.25, -0.2) is 4.99 Å². The summed E-state index contributed by atoms with van der Waals surface area (Å²) in [6.07, 6.45) is 2.27. The van der Waals surface area contributed by atoms with E-state index in [1.54, 1.807) is 7.11 Å². The Morgan fingerprint density at radius 3 is 2.48 bits per heavy atom. The van der Waals surface area contributed by atoms with Crippen molar-refractivity contribution in [2.45, 2.75) is 45.6 Å². The van der Waals surface area contributed by atoms with Gasteiger partial charge >= 0.3 is 0 Å². The zero-order valence-corrected chi connectivity index (χ0v) is 20.8. The molecule has 0 radical (unpaired) electrons. The average molecular weight is 539 g/mol. The molecule has 1 heterocycles. The Labute approximate surface area is 202 Å². The molecule has 0 aromatic heterocycles. The van der Waals surface area contributed by atoms with E-state index < -0.39 is 0 Å². The van der Waals surface area contributed by atoms with Gasteiger partial charge in [-0.1, -0.05) is 36.4 Å². The van der Waals surface area contributed by atoms with E-state index >= 15 is 0 Å². The molecule has 0 atom stereocenters. The van der Waals surface area contributed by atoms with Crippen LogP contribution in [0.5, 0.6) is 5.75 Å². The second-order valence-corrected chi connectivity index (χ2v) is 7.34. The van der Waals surface area contributed by atoms with Crippen LogP contribution in [-0.2, 0) is 29.2 Å². The third kappa shape index (κ3) is 9.04. The van der Waals surface area contributed by atoms with Gasteiger partial charge in [0.15, 0.2) is 5.96 Å². The van der Waals surface area contributed by atoms with Gasteiger partial charge in [0.05, 0.1) is 26.4 Å². The molecule has 3 rings (SSSR count). The van der Waals surface area contributed by atoms with Crippen LogP contribution in [0.2, 0.25) is 0 Å². The first-order chi connectivity index (χ1) is 14.8. The summed E-state index contributed by atoms with van der Waals surface area (Å²) in [4.78, 5) is 4.74. The number of methoxy groups -OCH3 is 1. The zero-order valence-electron chi connectivity index (χ0n) is 18.4. The molecule has 1 aliphatic heterocycles. The summed E-state index contributed by atoms with van der Waals surface area (Å²) in [7, 11) is 1.68. The van der Waals surface area contributed by atoms with Crippen molar-refractivity contribution in [1.82, 2.24) is 10.6 Å². The highest BCUT2D eigenvalue weighted by Crippen LogP contribution is 2.15. The quantitative estimate of drug-likeness (QED) is 0.283. The minimum absolute atomic E-state index is 0. The maximum Gasteiger partial charge on any atom is 0.191 e. The lowest BCUT2D eigenvalue weighted by Gasteiger charge is -2.22. The van der Waals surface area contributed by atoms with Crippen LogP contribution in [0.15, 0.2) is 53.5 Å². The number of hydrogen-bond acceptors (Lipinski definition) is 4. The van der Waals surface area contributed by atoms with Crippen LogP contribution in [0.1, 0.15) is 36.5 Å². The molecule has 1 saturated heterocycles. The van der Waals surface area contributed by atoms with E-state index in [4.69, 9.17) is 19.2 Å². The van der Waals surface area contributed by atoms with Crippen LogP contribution >= 0.6 is 24.0 Å². The number of halogens is 1. The highest BCUT2D eigenvalue weighted by Gasteiger charge is 2.14. The van der Waals surface area contributed by atoms with Gasteiger partial charge in [-0.3, -0.25) is 0 Å². The van der Waals surface area contributed by atoms with Crippen molar-refractivity contribution in [2.24, 2.45) is 4.99 Å². The Bertz CT molecular complexity index is 793. The fourth-order valence-corrected chi connectivity index (χ4v) is 3.32. The lowest BCUT2D eigenvalue weighted by Crippen LogP contribution is -2.36. The average Bonchev–Trinajstić information content (AvgIpc) is 2.81. The maximum absolute atomic E-state index is 6.04. The molecule has 1 aliphatic rings. The smallest absolute Gasteiger partial charge is 0.191 e. The Balaban J connectivity index is 0.00000341. The van der Waals surface area contributed by atoms with Crippen LogP contribution < -0.4 is 15.4 Å². The molecule has 31 heavy (non-hydrogen) atoms. The van der Waals surface area contributed by atoms with Gasteiger partial charge in [-0.05, 0) is 48.6 Å². The van der Waals surface area contributed by atoms with E-state index in [0.29, 0.717) is 25.8 Å². The summed E-state index contributed by atoms with van der Waals surface area (Å²) in [6, 6.07) is 16.5. The van der Waals surface area contributed by atoms with Crippen molar-refractivity contribution in [3.63, 3.8) is 0 Å². The van der Waals surface area contributed by atoms with Crippen molar-refractivity contribution in [3.05, 3.63) is 65.2 Å². The zero-order chi connectivity index (χ0) is 21.0. The molecule has 2 aromatic rings. The number of benzene rings is 2. The van der Waals surface area contributed by atoms with Gasteiger partial charge in [0, 0.05) is 26.3 Å². The summed E-state index contributed by atoms with van der Waals surface area (Å²) in [6.45, 7) is 6.44. The Morgan fingerprint density at radius 2 is 1.77 bits per heavy atom. The molecule has 0 spiro atoms. The molecule has 0 bridgehead atoms. The van der Waals surface area contributed by atoms with E-state index in [1.807, 2.05) is 12.1 Å². The minimum Gasteiger partial charge on any atom is -0.497 e. The minimum atomic E-state index is 0. The number of aliphatic imine (C=N–C) groups is 1. The molecule has 1 fully saturated rings. The molecule has 2 N–H and O–H groups in total. The van der Waals surface area contributed by atoms with Crippen LogP contribution in [-0.4, -0.2) is 38.9 Å². The van der Waals surface area contributed by atoms with Gasteiger partial charge in [0.25, 0.3) is 0 Å². The third-order valence-corrected chi connectivity index (χ3v) is 5.03. The number of rotatable bonds is 9. The topological polar surface area (TPSA) is 64.1 Å². The predicted molar refractivity (Wildman–Crippen MR) is 135 cm³/mol. The van der Waals surface area contributed by atoms with E-state index in [0.717, 1.165) is 44.3 Å². The van der Waals surface area contributed by atoms with E-state index in [1.165, 1.54) is 16.7 Å². The summed E-state index contributed by atoms with van der Waals surface area (Å²) in [5.41, 5.74) is 3.53. The fraction of sp³-hybridized carbons (Fsp3) is 0.458. The molecular weight excluding hydrogens is 505 g/mol. The summed E-state index contributed by atoms with van der Waals surface area (Å²) >= 11 is 0. The van der Waals surface area contributed by atoms with Gasteiger partial charge in [-0.15, -0.1) is 24.0 Å². The second-order valence-electron chi connectivity index (χ2n) is 7.34. The van der Waals surface area contributed by atoms with Crippen LogP contribution in [0, 0.1) is 0 Å². The first-order valence-corrected chi connectivity index (χ1v) is 10.7. The summed E-state index contributed by atoms with van der Waals surface area (Å²) < 4.78 is 16.6. The van der Waals surface area contributed by atoms with Crippen molar-refractivity contribution in [2.75, 3.05) is 26.9 Å². The Morgan fingerprint density at radius 1 is 1.03 bits per heavy atom. The molecule has 2 aromatic carbocycles. The number of ether oxygens (including phenoxy) is 3. The van der Waals surface area contributed by atoms with Gasteiger partial charge in [0.1, 0.15) is 5.75 Å². The Hall–Kier alpha value is -1.84. The van der Waals surface area contributed by atoms with Crippen molar-refractivity contribution in [1.29, 1.82) is 0 Å². The molecule has 6 nitrogen and oxygen atoms in total. The van der Waals surface area contributed by atoms with Crippen molar-refractivity contribution < 1.29 is 14.2 Å². The number of nitrogens with one attached hydrogen (secondary N) is 2. The number of nitrogens with zero attached hydrogens (tertiary/aromatic N) is 1. The highest BCUT2D eigenvalue weighted by atomic mass is 127. The molecular formula is C24H34IN3O3. The van der Waals surface area contributed by atoms with Crippen LogP contribution in [0.25, 0.3) is 0 Å². The number of hydrogen-bond donors (Lipinski definition) is 2.